The van der Waals surface area contributed by atoms with Crippen molar-refractivity contribution in [2.45, 2.75) is 25.9 Å². The van der Waals surface area contributed by atoms with Crippen LogP contribution in [-0.2, 0) is 10.3 Å². The fourth-order valence-corrected chi connectivity index (χ4v) is 4.13. The number of thioether (sulfide) groups is 1. The zero-order chi connectivity index (χ0) is 14.6. The highest BCUT2D eigenvalue weighted by Crippen LogP contribution is 2.46. The Kier molecular flexibility index (Phi) is 4.99. The summed E-state index contributed by atoms with van der Waals surface area (Å²) in [5.41, 5.74) is 0.226. The lowest BCUT2D eigenvalue weighted by molar-refractivity contribution is 0.0126. The summed E-state index contributed by atoms with van der Waals surface area (Å²) in [4.78, 5) is 0. The van der Waals surface area contributed by atoms with Crippen LogP contribution in [0.4, 0.5) is 0 Å². The van der Waals surface area contributed by atoms with Crippen LogP contribution in [0.2, 0.25) is 0 Å². The monoisotopic (exact) mass is 296 g/mol. The van der Waals surface area contributed by atoms with E-state index in [9.17, 15) is 5.11 Å². The fourth-order valence-electron chi connectivity index (χ4n) is 2.77. The molecule has 1 atom stereocenters. The van der Waals surface area contributed by atoms with E-state index < -0.39 is 5.60 Å². The topological polar surface area (TPSA) is 38.7 Å². The van der Waals surface area contributed by atoms with Gasteiger partial charge in [-0.25, -0.2) is 0 Å². The van der Waals surface area contributed by atoms with E-state index in [-0.39, 0.29) is 5.41 Å². The molecule has 1 saturated heterocycles. The first-order chi connectivity index (χ1) is 9.47. The third-order valence-corrected chi connectivity index (χ3v) is 5.21. The van der Waals surface area contributed by atoms with Gasteiger partial charge in [0.25, 0.3) is 0 Å². The first-order valence-corrected chi connectivity index (χ1v) is 8.14. The van der Waals surface area contributed by atoms with E-state index in [0.717, 1.165) is 29.2 Å². The van der Waals surface area contributed by atoms with Gasteiger partial charge in [0.05, 0.1) is 6.61 Å². The Balaban J connectivity index is 2.22. The summed E-state index contributed by atoms with van der Waals surface area (Å²) in [5, 5.41) is 11.1. The molecule has 4 heteroatoms. The van der Waals surface area contributed by atoms with E-state index in [1.807, 2.05) is 36.0 Å². The molecule has 0 aliphatic carbocycles. The number of methoxy groups -OCH3 is 1. The van der Waals surface area contributed by atoms with Gasteiger partial charge < -0.3 is 14.6 Å². The molecule has 3 nitrogen and oxygen atoms in total. The summed E-state index contributed by atoms with van der Waals surface area (Å²) in [6.07, 6.45) is 0.762. The van der Waals surface area contributed by atoms with Crippen molar-refractivity contribution >= 4 is 11.8 Å². The minimum Gasteiger partial charge on any atom is -0.491 e. The van der Waals surface area contributed by atoms with Gasteiger partial charge in [0.15, 0.2) is 0 Å². The van der Waals surface area contributed by atoms with Crippen molar-refractivity contribution in [3.63, 3.8) is 0 Å². The predicted octanol–water partition coefficient (Wildman–Crippen LogP) is 3.06. The molecule has 0 aromatic heterocycles. The predicted molar refractivity (Wildman–Crippen MR) is 83.4 cm³/mol. The molecule has 1 fully saturated rings. The molecule has 1 N–H and O–H groups in total. The maximum atomic E-state index is 11.1. The molecule has 20 heavy (non-hydrogen) atoms. The molecule has 0 bridgehead atoms. The summed E-state index contributed by atoms with van der Waals surface area (Å²) < 4.78 is 10.8. The smallest absolute Gasteiger partial charge is 0.125 e. The minimum atomic E-state index is -0.809. The van der Waals surface area contributed by atoms with Crippen LogP contribution < -0.4 is 4.74 Å². The van der Waals surface area contributed by atoms with Crippen LogP contribution in [0.25, 0.3) is 0 Å². The van der Waals surface area contributed by atoms with Crippen LogP contribution in [0, 0.1) is 5.41 Å². The molecule has 1 unspecified atom stereocenters. The molecular weight excluding hydrogens is 272 g/mol. The van der Waals surface area contributed by atoms with Gasteiger partial charge in [-0.2, -0.15) is 11.8 Å². The van der Waals surface area contributed by atoms with Gasteiger partial charge in [0.1, 0.15) is 18.0 Å². The molecule has 0 spiro atoms. The SMILES string of the molecule is COCCOc1ccccc1C1(O)CSCC(C)(C)C1. The highest BCUT2D eigenvalue weighted by atomic mass is 32.2. The van der Waals surface area contributed by atoms with Gasteiger partial charge >= 0.3 is 0 Å². The number of hydrogen-bond donors (Lipinski definition) is 1. The molecule has 0 amide bonds. The number of aliphatic hydroxyl groups is 1. The second kappa shape index (κ2) is 6.37. The Bertz CT molecular complexity index is 447. The molecule has 0 radical (unpaired) electrons. The third-order valence-electron chi connectivity index (χ3n) is 3.54. The molecule has 1 heterocycles. The summed E-state index contributed by atoms with van der Waals surface area (Å²) in [5.74, 6) is 2.58. The lowest BCUT2D eigenvalue weighted by Gasteiger charge is -2.41. The van der Waals surface area contributed by atoms with Crippen molar-refractivity contribution in [1.82, 2.24) is 0 Å². The van der Waals surface area contributed by atoms with Crippen molar-refractivity contribution < 1.29 is 14.6 Å². The molecule has 0 saturated carbocycles. The van der Waals surface area contributed by atoms with Crippen molar-refractivity contribution in [3.05, 3.63) is 29.8 Å². The zero-order valence-corrected chi connectivity index (χ0v) is 13.3. The van der Waals surface area contributed by atoms with Crippen molar-refractivity contribution in [2.24, 2.45) is 5.41 Å². The van der Waals surface area contributed by atoms with Crippen LogP contribution in [0.15, 0.2) is 24.3 Å². The lowest BCUT2D eigenvalue weighted by Crippen LogP contribution is -2.40. The fraction of sp³-hybridized carbons (Fsp3) is 0.625. The van der Waals surface area contributed by atoms with E-state index in [1.54, 1.807) is 7.11 Å². The van der Waals surface area contributed by atoms with Crippen LogP contribution in [0.3, 0.4) is 0 Å². The molecule has 1 aromatic carbocycles. The van der Waals surface area contributed by atoms with Crippen LogP contribution >= 0.6 is 11.8 Å². The Morgan fingerprint density at radius 3 is 2.65 bits per heavy atom. The van der Waals surface area contributed by atoms with Gasteiger partial charge in [-0.1, -0.05) is 32.0 Å². The number of benzene rings is 1. The molecule has 1 aromatic rings. The first kappa shape index (κ1) is 15.7. The number of para-hydroxylation sites is 1. The van der Waals surface area contributed by atoms with Gasteiger partial charge in [-0.05, 0) is 23.7 Å². The Morgan fingerprint density at radius 1 is 1.20 bits per heavy atom. The van der Waals surface area contributed by atoms with Crippen LogP contribution in [0.1, 0.15) is 25.8 Å². The quantitative estimate of drug-likeness (QED) is 0.848. The highest BCUT2D eigenvalue weighted by Gasteiger charge is 2.41. The second-order valence-corrected chi connectivity index (χ2v) is 7.19. The van der Waals surface area contributed by atoms with E-state index in [0.29, 0.717) is 13.2 Å². The maximum absolute atomic E-state index is 11.1. The third kappa shape index (κ3) is 3.68. The molecule has 112 valence electrons. The normalized spacial score (nSPS) is 25.4. The Morgan fingerprint density at radius 2 is 1.95 bits per heavy atom. The van der Waals surface area contributed by atoms with Gasteiger partial charge in [0.2, 0.25) is 0 Å². The largest absolute Gasteiger partial charge is 0.491 e. The summed E-state index contributed by atoms with van der Waals surface area (Å²) in [7, 11) is 1.66. The van der Waals surface area contributed by atoms with Crippen LogP contribution in [-0.4, -0.2) is 36.9 Å². The minimum absolute atomic E-state index is 0.136. The Hall–Kier alpha value is -0.710. The van der Waals surface area contributed by atoms with Crippen molar-refractivity contribution in [1.29, 1.82) is 0 Å². The summed E-state index contributed by atoms with van der Waals surface area (Å²) >= 11 is 1.81. The maximum Gasteiger partial charge on any atom is 0.125 e. The second-order valence-electron chi connectivity index (χ2n) is 6.20. The number of hydrogen-bond acceptors (Lipinski definition) is 4. The van der Waals surface area contributed by atoms with E-state index in [1.165, 1.54) is 0 Å². The Labute approximate surface area is 125 Å². The molecule has 1 aliphatic heterocycles. The van der Waals surface area contributed by atoms with Crippen molar-refractivity contribution in [3.8, 4) is 5.75 Å². The number of rotatable bonds is 5. The first-order valence-electron chi connectivity index (χ1n) is 6.98. The van der Waals surface area contributed by atoms with Crippen LogP contribution in [0.5, 0.6) is 5.75 Å². The van der Waals surface area contributed by atoms with Gasteiger partial charge in [0, 0.05) is 18.4 Å². The summed E-state index contributed by atoms with van der Waals surface area (Å²) in [6.45, 7) is 5.46. The lowest BCUT2D eigenvalue weighted by atomic mass is 9.78. The standard InChI is InChI=1S/C16H24O3S/c1-15(2)10-16(17,12-20-11-15)13-6-4-5-7-14(13)19-9-8-18-3/h4-7,17H,8-12H2,1-3H3. The molecular formula is C16H24O3S. The average Bonchev–Trinajstić information content (AvgIpc) is 2.38. The molecule has 1 aliphatic rings. The zero-order valence-electron chi connectivity index (χ0n) is 12.5. The van der Waals surface area contributed by atoms with E-state index >= 15 is 0 Å². The summed E-state index contributed by atoms with van der Waals surface area (Å²) in [6, 6.07) is 7.80. The van der Waals surface area contributed by atoms with Gasteiger partial charge in [-0.3, -0.25) is 0 Å². The number of ether oxygens (including phenoxy) is 2. The highest BCUT2D eigenvalue weighted by molar-refractivity contribution is 7.99. The van der Waals surface area contributed by atoms with E-state index in [2.05, 4.69) is 13.8 Å². The van der Waals surface area contributed by atoms with E-state index in [4.69, 9.17) is 9.47 Å². The van der Waals surface area contributed by atoms with Crippen molar-refractivity contribution in [2.75, 3.05) is 31.8 Å². The van der Waals surface area contributed by atoms with Gasteiger partial charge in [-0.15, -0.1) is 0 Å². The molecule has 2 rings (SSSR count). The average molecular weight is 296 g/mol.